The summed E-state index contributed by atoms with van der Waals surface area (Å²) in [6.07, 6.45) is 1.20. The van der Waals surface area contributed by atoms with Gasteiger partial charge in [0.25, 0.3) is 0 Å². The lowest BCUT2D eigenvalue weighted by Gasteiger charge is -2.23. The van der Waals surface area contributed by atoms with Crippen molar-refractivity contribution in [1.29, 1.82) is 0 Å². The number of likely N-dealkylation sites (tertiary alicyclic amines) is 1. The summed E-state index contributed by atoms with van der Waals surface area (Å²) >= 11 is 0. The summed E-state index contributed by atoms with van der Waals surface area (Å²) in [7, 11) is 0. The third kappa shape index (κ3) is 3.89. The van der Waals surface area contributed by atoms with Gasteiger partial charge in [-0.1, -0.05) is 26.0 Å². The average Bonchev–Trinajstić information content (AvgIpc) is 2.75. The van der Waals surface area contributed by atoms with Gasteiger partial charge in [0.2, 0.25) is 0 Å². The van der Waals surface area contributed by atoms with Gasteiger partial charge < -0.3 is 15.3 Å². The Morgan fingerprint density at radius 2 is 2.25 bits per heavy atom. The second-order valence-corrected chi connectivity index (χ2v) is 6.18. The Morgan fingerprint density at radius 1 is 1.45 bits per heavy atom. The Labute approximate surface area is 121 Å². The molecule has 0 amide bonds. The van der Waals surface area contributed by atoms with E-state index in [1.165, 1.54) is 6.42 Å². The van der Waals surface area contributed by atoms with Crippen molar-refractivity contribution in [3.05, 3.63) is 29.8 Å². The Bertz CT molecular complexity index is 482. The van der Waals surface area contributed by atoms with Crippen LogP contribution in [-0.2, 0) is 6.54 Å². The molecule has 1 aromatic rings. The molecule has 110 valence electrons. The fourth-order valence-corrected chi connectivity index (χ4v) is 2.54. The van der Waals surface area contributed by atoms with Crippen LogP contribution in [0.4, 0.5) is 0 Å². The molecule has 1 fully saturated rings. The Hall–Kier alpha value is -1.71. The lowest BCUT2D eigenvalue weighted by Crippen LogP contribution is -2.40. The summed E-state index contributed by atoms with van der Waals surface area (Å²) in [5.74, 6) is 1.27. The minimum atomic E-state index is 0.296. The number of nitrogens with zero attached hydrogens (tertiary/aromatic N) is 2. The van der Waals surface area contributed by atoms with Crippen molar-refractivity contribution in [1.82, 2.24) is 10.2 Å². The van der Waals surface area contributed by atoms with Gasteiger partial charge in [-0.3, -0.25) is 0 Å². The maximum Gasteiger partial charge on any atom is 0.194 e. The SMILES string of the molecule is CCNC(=NCc1cccc(O)c1)N1CCC(C)(C)C1. The average molecular weight is 275 g/mol. The van der Waals surface area contributed by atoms with Crippen molar-refractivity contribution in [2.45, 2.75) is 33.7 Å². The highest BCUT2D eigenvalue weighted by Gasteiger charge is 2.30. The number of aliphatic imine (C=N–C) groups is 1. The predicted molar refractivity (Wildman–Crippen MR) is 82.9 cm³/mol. The maximum absolute atomic E-state index is 9.49. The highest BCUT2D eigenvalue weighted by atomic mass is 16.3. The Balaban J connectivity index is 2.06. The van der Waals surface area contributed by atoms with Crippen LogP contribution in [0.2, 0.25) is 0 Å². The highest BCUT2D eigenvalue weighted by molar-refractivity contribution is 5.80. The van der Waals surface area contributed by atoms with Crippen molar-refractivity contribution < 1.29 is 5.11 Å². The molecule has 1 heterocycles. The monoisotopic (exact) mass is 275 g/mol. The van der Waals surface area contributed by atoms with Crippen LogP contribution in [0.1, 0.15) is 32.8 Å². The predicted octanol–water partition coefficient (Wildman–Crippen LogP) is 2.59. The maximum atomic E-state index is 9.49. The van der Waals surface area contributed by atoms with Crippen LogP contribution >= 0.6 is 0 Å². The lowest BCUT2D eigenvalue weighted by molar-refractivity contribution is 0.370. The molecule has 20 heavy (non-hydrogen) atoms. The molecule has 0 radical (unpaired) electrons. The van der Waals surface area contributed by atoms with Crippen LogP contribution in [0.25, 0.3) is 0 Å². The topological polar surface area (TPSA) is 47.9 Å². The van der Waals surface area contributed by atoms with Gasteiger partial charge in [0.15, 0.2) is 5.96 Å². The minimum Gasteiger partial charge on any atom is -0.508 e. The second-order valence-electron chi connectivity index (χ2n) is 6.18. The molecule has 0 bridgehead atoms. The van der Waals surface area contributed by atoms with Crippen LogP contribution in [-0.4, -0.2) is 35.6 Å². The van der Waals surface area contributed by atoms with Crippen LogP contribution in [0, 0.1) is 5.41 Å². The molecule has 4 nitrogen and oxygen atoms in total. The number of benzene rings is 1. The van der Waals surface area contributed by atoms with Crippen LogP contribution in [0.5, 0.6) is 5.75 Å². The van der Waals surface area contributed by atoms with E-state index in [-0.39, 0.29) is 0 Å². The summed E-state index contributed by atoms with van der Waals surface area (Å²) in [6, 6.07) is 7.29. The summed E-state index contributed by atoms with van der Waals surface area (Å²) in [4.78, 5) is 7.02. The molecule has 1 aliphatic heterocycles. The molecule has 0 saturated carbocycles. The fraction of sp³-hybridized carbons (Fsp3) is 0.562. The largest absolute Gasteiger partial charge is 0.508 e. The third-order valence-electron chi connectivity index (χ3n) is 3.63. The van der Waals surface area contributed by atoms with E-state index in [1.54, 1.807) is 12.1 Å². The van der Waals surface area contributed by atoms with E-state index in [0.717, 1.165) is 31.2 Å². The van der Waals surface area contributed by atoms with E-state index in [0.29, 0.717) is 17.7 Å². The van der Waals surface area contributed by atoms with Gasteiger partial charge in [-0.25, -0.2) is 4.99 Å². The molecule has 0 aromatic heterocycles. The molecule has 2 N–H and O–H groups in total. The molecule has 4 heteroatoms. The summed E-state index contributed by atoms with van der Waals surface area (Å²) < 4.78 is 0. The number of hydrogen-bond acceptors (Lipinski definition) is 2. The van der Waals surface area contributed by atoms with E-state index in [1.807, 2.05) is 12.1 Å². The molecule has 1 saturated heterocycles. The number of guanidine groups is 1. The van der Waals surface area contributed by atoms with Crippen LogP contribution in [0.15, 0.2) is 29.3 Å². The van der Waals surface area contributed by atoms with Crippen molar-refractivity contribution in [3.8, 4) is 5.75 Å². The number of rotatable bonds is 3. The quantitative estimate of drug-likeness (QED) is 0.658. The van der Waals surface area contributed by atoms with Crippen molar-refractivity contribution in [3.63, 3.8) is 0 Å². The third-order valence-corrected chi connectivity index (χ3v) is 3.63. The molecule has 1 aromatic carbocycles. The van der Waals surface area contributed by atoms with Crippen LogP contribution in [0.3, 0.4) is 0 Å². The fourth-order valence-electron chi connectivity index (χ4n) is 2.54. The number of nitrogens with one attached hydrogen (secondary N) is 1. The first kappa shape index (κ1) is 14.7. The van der Waals surface area contributed by atoms with Gasteiger partial charge in [0.05, 0.1) is 6.54 Å². The molecule has 2 rings (SSSR count). The first-order chi connectivity index (χ1) is 9.50. The number of phenols is 1. The zero-order chi connectivity index (χ0) is 14.6. The molecule has 1 aliphatic rings. The van der Waals surface area contributed by atoms with Crippen molar-refractivity contribution in [2.24, 2.45) is 10.4 Å². The minimum absolute atomic E-state index is 0.296. The van der Waals surface area contributed by atoms with Crippen molar-refractivity contribution >= 4 is 5.96 Å². The van der Waals surface area contributed by atoms with E-state index in [2.05, 4.69) is 31.0 Å². The van der Waals surface area contributed by atoms with Crippen molar-refractivity contribution in [2.75, 3.05) is 19.6 Å². The number of hydrogen-bond donors (Lipinski definition) is 2. The zero-order valence-corrected chi connectivity index (χ0v) is 12.7. The summed E-state index contributed by atoms with van der Waals surface area (Å²) in [5.41, 5.74) is 1.39. The van der Waals surface area contributed by atoms with Gasteiger partial charge in [-0.15, -0.1) is 0 Å². The van der Waals surface area contributed by atoms with E-state index >= 15 is 0 Å². The standard InChI is InChI=1S/C16H25N3O/c1-4-17-15(19-9-8-16(2,3)12-19)18-11-13-6-5-7-14(20)10-13/h5-7,10,20H,4,8-9,11-12H2,1-3H3,(H,17,18). The van der Waals surface area contributed by atoms with E-state index < -0.39 is 0 Å². The highest BCUT2D eigenvalue weighted by Crippen LogP contribution is 2.28. The van der Waals surface area contributed by atoms with Gasteiger partial charge in [0, 0.05) is 19.6 Å². The Kier molecular flexibility index (Phi) is 4.53. The van der Waals surface area contributed by atoms with Gasteiger partial charge in [0.1, 0.15) is 5.75 Å². The molecule has 0 aliphatic carbocycles. The summed E-state index contributed by atoms with van der Waals surface area (Å²) in [5, 5.41) is 12.8. The molecule has 0 atom stereocenters. The number of phenolic OH excluding ortho intramolecular Hbond substituents is 1. The second kappa shape index (κ2) is 6.16. The van der Waals surface area contributed by atoms with Gasteiger partial charge >= 0.3 is 0 Å². The number of aromatic hydroxyl groups is 1. The molecule has 0 unspecified atom stereocenters. The molecule has 0 spiro atoms. The lowest BCUT2D eigenvalue weighted by atomic mass is 9.93. The molecular weight excluding hydrogens is 250 g/mol. The first-order valence-electron chi connectivity index (χ1n) is 7.31. The zero-order valence-electron chi connectivity index (χ0n) is 12.7. The van der Waals surface area contributed by atoms with Gasteiger partial charge in [-0.05, 0) is 36.5 Å². The van der Waals surface area contributed by atoms with E-state index in [4.69, 9.17) is 4.99 Å². The van der Waals surface area contributed by atoms with Gasteiger partial charge in [-0.2, -0.15) is 0 Å². The first-order valence-corrected chi connectivity index (χ1v) is 7.31. The Morgan fingerprint density at radius 3 is 2.85 bits per heavy atom. The summed E-state index contributed by atoms with van der Waals surface area (Å²) in [6.45, 7) is 10.2. The van der Waals surface area contributed by atoms with E-state index in [9.17, 15) is 5.11 Å². The molecular formula is C16H25N3O. The van der Waals surface area contributed by atoms with Crippen LogP contribution < -0.4 is 5.32 Å². The normalized spacial score (nSPS) is 18.4. The smallest absolute Gasteiger partial charge is 0.194 e.